The van der Waals surface area contributed by atoms with Gasteiger partial charge in [-0.2, -0.15) is 28.2 Å². The van der Waals surface area contributed by atoms with Gasteiger partial charge in [0, 0.05) is 12.6 Å². The Balaban J connectivity index is 1.58. The Morgan fingerprint density at radius 2 is 1.91 bits per heavy atom. The number of para-hydroxylation sites is 1. The van der Waals surface area contributed by atoms with Crippen LogP contribution in [0.1, 0.15) is 42.7 Å². The van der Waals surface area contributed by atoms with Crippen molar-refractivity contribution in [1.29, 1.82) is 0 Å². The number of benzene rings is 1. The summed E-state index contributed by atoms with van der Waals surface area (Å²) >= 11 is 0. The molecule has 1 saturated heterocycles. The van der Waals surface area contributed by atoms with Gasteiger partial charge in [0.25, 0.3) is 5.91 Å². The van der Waals surface area contributed by atoms with E-state index in [1.807, 2.05) is 17.9 Å². The molecule has 33 heavy (non-hydrogen) atoms. The van der Waals surface area contributed by atoms with Gasteiger partial charge in [-0.05, 0) is 43.0 Å². The van der Waals surface area contributed by atoms with Crippen molar-refractivity contribution in [2.24, 2.45) is 5.92 Å². The van der Waals surface area contributed by atoms with E-state index in [0.29, 0.717) is 29.9 Å². The first-order valence-corrected chi connectivity index (χ1v) is 10.8. The minimum absolute atomic E-state index is 0.122. The molecule has 1 amide bonds. The molecule has 3 unspecified atom stereocenters. The highest BCUT2D eigenvalue weighted by atomic mass is 19.4. The number of amides is 1. The number of nitrogens with zero attached hydrogens (tertiary/aromatic N) is 5. The summed E-state index contributed by atoms with van der Waals surface area (Å²) in [7, 11) is 0. The van der Waals surface area contributed by atoms with Gasteiger partial charge in [-0.3, -0.25) is 4.79 Å². The molecule has 0 aliphatic carbocycles. The number of anilines is 1. The minimum atomic E-state index is -4.48. The molecule has 0 bridgehead atoms. The quantitative estimate of drug-likeness (QED) is 0.592. The number of carbonyl (C=O) groups is 1. The molecule has 3 aromatic rings. The first-order chi connectivity index (χ1) is 15.8. The van der Waals surface area contributed by atoms with Crippen molar-refractivity contribution in [1.82, 2.24) is 24.9 Å². The Hall–Kier alpha value is -3.43. The molecule has 174 valence electrons. The van der Waals surface area contributed by atoms with Gasteiger partial charge >= 0.3 is 6.18 Å². The van der Waals surface area contributed by atoms with Crippen LogP contribution in [0.2, 0.25) is 0 Å². The van der Waals surface area contributed by atoms with Crippen LogP contribution in [0, 0.1) is 5.92 Å². The lowest BCUT2D eigenvalue weighted by Crippen LogP contribution is -2.46. The van der Waals surface area contributed by atoms with E-state index in [4.69, 9.17) is 0 Å². The first kappa shape index (κ1) is 22.8. The second-order valence-corrected chi connectivity index (χ2v) is 8.29. The van der Waals surface area contributed by atoms with E-state index in [-0.39, 0.29) is 23.9 Å². The fraction of sp³-hybridized carbons (Fsp3) is 0.391. The maximum absolute atomic E-state index is 13.6. The highest BCUT2D eigenvalue weighted by Crippen LogP contribution is 2.32. The van der Waals surface area contributed by atoms with E-state index in [0.717, 1.165) is 12.5 Å². The van der Waals surface area contributed by atoms with E-state index < -0.39 is 11.9 Å². The molecule has 3 heterocycles. The summed E-state index contributed by atoms with van der Waals surface area (Å²) in [5.74, 6) is 0.165. The Bertz CT molecular complexity index is 1080. The Morgan fingerprint density at radius 3 is 2.55 bits per heavy atom. The third-order valence-corrected chi connectivity index (χ3v) is 5.89. The highest BCUT2D eigenvalue weighted by molar-refractivity contribution is 5.98. The molecule has 3 atom stereocenters. The number of rotatable bonds is 6. The zero-order chi connectivity index (χ0) is 23.6. The molecule has 1 fully saturated rings. The van der Waals surface area contributed by atoms with Gasteiger partial charge in [-0.1, -0.05) is 26.0 Å². The largest absolute Gasteiger partial charge is 0.433 e. The van der Waals surface area contributed by atoms with Gasteiger partial charge < -0.3 is 10.2 Å². The molecule has 0 saturated carbocycles. The third-order valence-electron chi connectivity index (χ3n) is 5.89. The molecule has 0 radical (unpaired) electrons. The molecule has 10 heteroatoms. The average molecular weight is 458 g/mol. The van der Waals surface area contributed by atoms with E-state index in [1.165, 1.54) is 17.1 Å². The highest BCUT2D eigenvalue weighted by Gasteiger charge is 2.39. The summed E-state index contributed by atoms with van der Waals surface area (Å²) in [5, 5.41) is 11.6. The van der Waals surface area contributed by atoms with Crippen molar-refractivity contribution >= 4 is 11.6 Å². The predicted octanol–water partition coefficient (Wildman–Crippen LogP) is 4.42. The Kier molecular flexibility index (Phi) is 6.35. The lowest BCUT2D eigenvalue weighted by Gasteiger charge is -2.32. The van der Waals surface area contributed by atoms with E-state index >= 15 is 0 Å². The standard InChI is InChI=1S/C23H25F3N6O/c1-3-18(30-16-8-9-21(27-13-16)23(24,25)26)20-12-15(2)14-31(20)22(33)17-6-4-5-7-19(17)32-28-10-11-29-32/h4-11,13,15,18,20,30H,3,12,14H2,1-2H3. The van der Waals surface area contributed by atoms with Crippen LogP contribution in [-0.2, 0) is 6.18 Å². The summed E-state index contributed by atoms with van der Waals surface area (Å²) in [6, 6.07) is 9.25. The molecule has 1 aromatic carbocycles. The van der Waals surface area contributed by atoms with Crippen LogP contribution < -0.4 is 5.32 Å². The lowest BCUT2D eigenvalue weighted by atomic mass is 9.99. The predicted molar refractivity (Wildman–Crippen MR) is 117 cm³/mol. The lowest BCUT2D eigenvalue weighted by molar-refractivity contribution is -0.141. The maximum Gasteiger partial charge on any atom is 0.433 e. The number of alkyl halides is 3. The zero-order valence-electron chi connectivity index (χ0n) is 18.3. The van der Waals surface area contributed by atoms with Crippen molar-refractivity contribution in [2.75, 3.05) is 11.9 Å². The second kappa shape index (κ2) is 9.21. The minimum Gasteiger partial charge on any atom is -0.379 e. The van der Waals surface area contributed by atoms with Gasteiger partial charge in [0.15, 0.2) is 0 Å². The molecule has 1 N–H and O–H groups in total. The Morgan fingerprint density at radius 1 is 1.18 bits per heavy atom. The number of hydrogen-bond donors (Lipinski definition) is 1. The SMILES string of the molecule is CCC(Nc1ccc(C(F)(F)F)nc1)C1CC(C)CN1C(=O)c1ccccc1-n1nccn1. The number of halogens is 3. The topological polar surface area (TPSA) is 75.9 Å². The van der Waals surface area contributed by atoms with Crippen molar-refractivity contribution < 1.29 is 18.0 Å². The fourth-order valence-corrected chi connectivity index (χ4v) is 4.36. The van der Waals surface area contributed by atoms with E-state index in [1.54, 1.807) is 30.6 Å². The molecular weight excluding hydrogens is 433 g/mol. The smallest absolute Gasteiger partial charge is 0.379 e. The Labute approximate surface area is 189 Å². The van der Waals surface area contributed by atoms with Crippen LogP contribution in [0.4, 0.5) is 18.9 Å². The van der Waals surface area contributed by atoms with Crippen molar-refractivity contribution in [3.63, 3.8) is 0 Å². The number of aromatic nitrogens is 4. The van der Waals surface area contributed by atoms with Gasteiger partial charge in [-0.15, -0.1) is 0 Å². The summed E-state index contributed by atoms with van der Waals surface area (Å²) in [6.07, 6.45) is 1.28. The number of likely N-dealkylation sites (tertiary alicyclic amines) is 1. The van der Waals surface area contributed by atoms with Crippen molar-refractivity contribution in [3.8, 4) is 5.69 Å². The summed E-state index contributed by atoms with van der Waals surface area (Å²) in [5.41, 5.74) is 0.650. The molecule has 2 aromatic heterocycles. The zero-order valence-corrected chi connectivity index (χ0v) is 18.3. The normalized spacial score (nSPS) is 19.5. The molecule has 4 rings (SSSR count). The van der Waals surface area contributed by atoms with Crippen molar-refractivity contribution in [2.45, 2.75) is 44.9 Å². The van der Waals surface area contributed by atoms with Crippen LogP contribution in [0.25, 0.3) is 5.69 Å². The second-order valence-electron chi connectivity index (χ2n) is 8.29. The number of carbonyl (C=O) groups excluding carboxylic acids is 1. The monoisotopic (exact) mass is 458 g/mol. The van der Waals surface area contributed by atoms with Gasteiger partial charge in [0.2, 0.25) is 0 Å². The van der Waals surface area contributed by atoms with E-state index in [2.05, 4.69) is 27.4 Å². The van der Waals surface area contributed by atoms with E-state index in [9.17, 15) is 18.0 Å². The summed E-state index contributed by atoms with van der Waals surface area (Å²) in [4.78, 5) is 20.4. The molecule has 1 aliphatic heterocycles. The number of hydrogen-bond acceptors (Lipinski definition) is 5. The van der Waals surface area contributed by atoms with Gasteiger partial charge in [0.1, 0.15) is 5.69 Å². The van der Waals surface area contributed by atoms with Crippen LogP contribution in [0.15, 0.2) is 55.0 Å². The molecule has 7 nitrogen and oxygen atoms in total. The molecule has 1 aliphatic rings. The van der Waals surface area contributed by atoms with Crippen LogP contribution in [-0.4, -0.2) is 49.4 Å². The van der Waals surface area contributed by atoms with Gasteiger partial charge in [0.05, 0.1) is 41.6 Å². The van der Waals surface area contributed by atoms with Crippen LogP contribution in [0.5, 0.6) is 0 Å². The molecular formula is C23H25F3N6O. The number of nitrogens with one attached hydrogen (secondary N) is 1. The number of pyridine rings is 1. The van der Waals surface area contributed by atoms with Crippen molar-refractivity contribution in [3.05, 3.63) is 66.2 Å². The maximum atomic E-state index is 13.6. The van der Waals surface area contributed by atoms with Gasteiger partial charge in [-0.25, -0.2) is 4.98 Å². The summed E-state index contributed by atoms with van der Waals surface area (Å²) < 4.78 is 38.5. The molecule has 0 spiro atoms. The fourth-order valence-electron chi connectivity index (χ4n) is 4.36. The summed E-state index contributed by atoms with van der Waals surface area (Å²) in [6.45, 7) is 4.67. The first-order valence-electron chi connectivity index (χ1n) is 10.8. The average Bonchev–Trinajstić information content (AvgIpc) is 3.47. The van der Waals surface area contributed by atoms with Crippen LogP contribution in [0.3, 0.4) is 0 Å². The third kappa shape index (κ3) is 4.84. The van der Waals surface area contributed by atoms with Crippen LogP contribution >= 0.6 is 0 Å².